The zero-order valence-corrected chi connectivity index (χ0v) is 23.5. The first-order chi connectivity index (χ1) is 19.4. The Morgan fingerprint density at radius 1 is 1.15 bits per heavy atom. The minimum atomic E-state index is -0.810. The van der Waals surface area contributed by atoms with Crippen molar-refractivity contribution in [2.24, 2.45) is 0 Å². The van der Waals surface area contributed by atoms with E-state index in [0.717, 1.165) is 0 Å². The minimum Gasteiger partial charge on any atom is -0.473 e. The second kappa shape index (κ2) is 12.5. The molecule has 1 aliphatic rings. The molecule has 2 aromatic carbocycles. The fourth-order valence-corrected chi connectivity index (χ4v) is 4.46. The molecule has 41 heavy (non-hydrogen) atoms. The Kier molecular flexibility index (Phi) is 9.07. The molecule has 1 aromatic heterocycles. The van der Waals surface area contributed by atoms with Crippen LogP contribution in [-0.4, -0.2) is 51.7 Å². The van der Waals surface area contributed by atoms with Gasteiger partial charge in [0.15, 0.2) is 0 Å². The monoisotopic (exact) mass is 585 g/mol. The quantitative estimate of drug-likeness (QED) is 0.180. The number of hydrogen-bond acceptors (Lipinski definition) is 8. The summed E-state index contributed by atoms with van der Waals surface area (Å²) >= 11 is 5.82. The molecule has 12 heteroatoms. The van der Waals surface area contributed by atoms with Gasteiger partial charge in [-0.15, -0.1) is 0 Å². The Hall–Kier alpha value is -4.25. The standard InChI is InChI=1S/C29H29ClFN3O7/c1-29(2,3)41-28(36)33-14-13-22(25(16-33)40-27(35)18-8-11-21(12-9-18)34(37)38)24-5-4-6-26(32-24)39-17-19-7-10-20(30)15-23(19)31/h4-12,15,22,25H,13-14,16-17H2,1-3H3. The van der Waals surface area contributed by atoms with Gasteiger partial charge in [0.1, 0.15) is 24.1 Å². The number of rotatable bonds is 7. The normalized spacial score (nSPS) is 17.0. The molecule has 0 N–H and O–H groups in total. The first-order valence-corrected chi connectivity index (χ1v) is 13.2. The fraction of sp³-hybridized carbons (Fsp3) is 0.345. The summed E-state index contributed by atoms with van der Waals surface area (Å²) in [5, 5.41) is 11.3. The zero-order valence-electron chi connectivity index (χ0n) is 22.7. The van der Waals surface area contributed by atoms with Gasteiger partial charge in [-0.1, -0.05) is 23.7 Å². The lowest BCUT2D eigenvalue weighted by molar-refractivity contribution is -0.384. The van der Waals surface area contributed by atoms with Crippen LogP contribution in [0.4, 0.5) is 14.9 Å². The molecule has 2 atom stereocenters. The third-order valence-corrected chi connectivity index (χ3v) is 6.53. The van der Waals surface area contributed by atoms with Crippen molar-refractivity contribution in [2.45, 2.75) is 51.4 Å². The van der Waals surface area contributed by atoms with E-state index >= 15 is 0 Å². The maximum absolute atomic E-state index is 14.2. The smallest absolute Gasteiger partial charge is 0.410 e. The van der Waals surface area contributed by atoms with Crippen molar-refractivity contribution in [2.75, 3.05) is 13.1 Å². The number of non-ortho nitro benzene ring substituents is 1. The molecule has 10 nitrogen and oxygen atoms in total. The molecule has 2 unspecified atom stereocenters. The molecule has 0 spiro atoms. The van der Waals surface area contributed by atoms with E-state index in [1.54, 1.807) is 45.0 Å². The number of carbonyl (C=O) groups excluding carboxylic acids is 2. The lowest BCUT2D eigenvalue weighted by Crippen LogP contribution is -2.49. The predicted octanol–water partition coefficient (Wildman–Crippen LogP) is 6.31. The number of halogens is 2. The van der Waals surface area contributed by atoms with Crippen LogP contribution in [-0.2, 0) is 16.1 Å². The first kappa shape index (κ1) is 29.7. The summed E-state index contributed by atoms with van der Waals surface area (Å²) in [5.74, 6) is -1.37. The summed E-state index contributed by atoms with van der Waals surface area (Å²) < 4.78 is 31.3. The lowest BCUT2D eigenvalue weighted by atomic mass is 9.90. The van der Waals surface area contributed by atoms with Crippen molar-refractivity contribution in [1.82, 2.24) is 9.88 Å². The van der Waals surface area contributed by atoms with Crippen molar-refractivity contribution < 1.29 is 33.1 Å². The molecule has 0 bridgehead atoms. The van der Waals surface area contributed by atoms with Gasteiger partial charge >= 0.3 is 12.1 Å². The Bertz CT molecular complexity index is 1430. The van der Waals surface area contributed by atoms with Gasteiger partial charge in [-0.25, -0.2) is 19.0 Å². The summed E-state index contributed by atoms with van der Waals surface area (Å²) in [5.41, 5.74) is 0.119. The number of aromatic nitrogens is 1. The van der Waals surface area contributed by atoms with Gasteiger partial charge in [0.25, 0.3) is 5.69 Å². The van der Waals surface area contributed by atoms with Gasteiger partial charge < -0.3 is 19.1 Å². The number of likely N-dealkylation sites (tertiary alicyclic amines) is 1. The number of ether oxygens (including phenoxy) is 3. The summed E-state index contributed by atoms with van der Waals surface area (Å²) in [6, 6.07) is 14.5. The van der Waals surface area contributed by atoms with Gasteiger partial charge in [0, 0.05) is 41.2 Å². The second-order valence-electron chi connectivity index (χ2n) is 10.5. The van der Waals surface area contributed by atoms with Gasteiger partial charge in [0.2, 0.25) is 5.88 Å². The van der Waals surface area contributed by atoms with E-state index in [4.69, 9.17) is 25.8 Å². The van der Waals surface area contributed by atoms with E-state index < -0.39 is 40.4 Å². The second-order valence-corrected chi connectivity index (χ2v) is 10.9. The molecule has 0 radical (unpaired) electrons. The SMILES string of the molecule is CC(C)(C)OC(=O)N1CCC(c2cccc(OCc3ccc(Cl)cc3F)n2)C(OC(=O)c2ccc([N+](=O)[O-])cc2)C1. The van der Waals surface area contributed by atoms with E-state index in [9.17, 15) is 24.1 Å². The van der Waals surface area contributed by atoms with Crippen LogP contribution in [0.1, 0.15) is 54.7 Å². The lowest BCUT2D eigenvalue weighted by Gasteiger charge is -2.38. The van der Waals surface area contributed by atoms with Crippen LogP contribution in [0.5, 0.6) is 5.88 Å². The maximum atomic E-state index is 14.2. The van der Waals surface area contributed by atoms with Crippen molar-refractivity contribution in [1.29, 1.82) is 0 Å². The molecule has 1 aliphatic heterocycles. The Morgan fingerprint density at radius 2 is 1.88 bits per heavy atom. The number of amides is 1. The largest absolute Gasteiger partial charge is 0.473 e. The highest BCUT2D eigenvalue weighted by atomic mass is 35.5. The number of nitrogens with zero attached hydrogens (tertiary/aromatic N) is 3. The molecular weight excluding hydrogens is 557 g/mol. The van der Waals surface area contributed by atoms with E-state index in [1.807, 2.05) is 0 Å². The van der Waals surface area contributed by atoms with Gasteiger partial charge in [0.05, 0.1) is 22.7 Å². The number of piperidine rings is 1. The summed E-state index contributed by atoms with van der Waals surface area (Å²) in [6.45, 7) is 5.57. The molecule has 1 saturated heterocycles. The van der Waals surface area contributed by atoms with Gasteiger partial charge in [-0.3, -0.25) is 10.1 Å². The van der Waals surface area contributed by atoms with Crippen molar-refractivity contribution in [3.05, 3.63) is 98.4 Å². The van der Waals surface area contributed by atoms with E-state index in [2.05, 4.69) is 4.98 Å². The number of carbonyl (C=O) groups is 2. The Morgan fingerprint density at radius 3 is 2.54 bits per heavy atom. The number of benzene rings is 2. The van der Waals surface area contributed by atoms with Gasteiger partial charge in [-0.05, 0) is 57.5 Å². The average molecular weight is 586 g/mol. The van der Waals surface area contributed by atoms with Crippen molar-refractivity contribution in [3.63, 3.8) is 0 Å². The fourth-order valence-electron chi connectivity index (χ4n) is 4.30. The highest BCUT2D eigenvalue weighted by Gasteiger charge is 2.37. The molecule has 216 valence electrons. The number of esters is 1. The number of hydrogen-bond donors (Lipinski definition) is 0. The first-order valence-electron chi connectivity index (χ1n) is 12.9. The van der Waals surface area contributed by atoms with E-state index in [1.165, 1.54) is 41.3 Å². The van der Waals surface area contributed by atoms with Crippen LogP contribution >= 0.6 is 11.6 Å². The van der Waals surface area contributed by atoms with Crippen LogP contribution in [0.25, 0.3) is 0 Å². The molecule has 2 heterocycles. The molecule has 3 aromatic rings. The topological polar surface area (TPSA) is 121 Å². The minimum absolute atomic E-state index is 0.0427. The highest BCUT2D eigenvalue weighted by Crippen LogP contribution is 2.32. The third-order valence-electron chi connectivity index (χ3n) is 6.30. The highest BCUT2D eigenvalue weighted by molar-refractivity contribution is 6.30. The van der Waals surface area contributed by atoms with Gasteiger partial charge in [-0.2, -0.15) is 0 Å². The number of nitro groups is 1. The number of nitro benzene ring substituents is 1. The summed E-state index contributed by atoms with van der Waals surface area (Å²) in [4.78, 5) is 42.3. The van der Waals surface area contributed by atoms with Crippen molar-refractivity contribution >= 4 is 29.4 Å². The molecule has 1 fully saturated rings. The van der Waals surface area contributed by atoms with Crippen LogP contribution in [0, 0.1) is 15.9 Å². The molecule has 0 saturated carbocycles. The molecule has 1 amide bonds. The van der Waals surface area contributed by atoms with E-state index in [-0.39, 0.29) is 35.3 Å². The van der Waals surface area contributed by atoms with Crippen LogP contribution in [0.3, 0.4) is 0 Å². The summed E-state index contributed by atoms with van der Waals surface area (Å²) in [7, 11) is 0. The summed E-state index contributed by atoms with van der Waals surface area (Å²) in [6.07, 6.45) is -0.947. The van der Waals surface area contributed by atoms with Crippen molar-refractivity contribution in [3.8, 4) is 5.88 Å². The Balaban J connectivity index is 1.54. The average Bonchev–Trinajstić information content (AvgIpc) is 2.92. The molecular formula is C29H29ClFN3O7. The number of pyridine rings is 1. The molecule has 4 rings (SSSR count). The van der Waals surface area contributed by atoms with E-state index in [0.29, 0.717) is 24.2 Å². The maximum Gasteiger partial charge on any atom is 0.410 e. The van der Waals surface area contributed by atoms with Crippen LogP contribution < -0.4 is 4.74 Å². The molecule has 0 aliphatic carbocycles. The predicted molar refractivity (Wildman–Crippen MR) is 147 cm³/mol. The zero-order chi connectivity index (χ0) is 29.7. The van der Waals surface area contributed by atoms with Crippen LogP contribution in [0.15, 0.2) is 60.7 Å². The third kappa shape index (κ3) is 7.91. The van der Waals surface area contributed by atoms with Crippen LogP contribution in [0.2, 0.25) is 5.02 Å². The Labute approximate surface area is 241 Å².